The van der Waals surface area contributed by atoms with Gasteiger partial charge in [-0.05, 0) is 12.5 Å². The molecule has 0 radical (unpaired) electrons. The van der Waals surface area contributed by atoms with Crippen molar-refractivity contribution in [3.8, 4) is 0 Å². The van der Waals surface area contributed by atoms with Gasteiger partial charge in [0.15, 0.2) is 0 Å². The van der Waals surface area contributed by atoms with Crippen LogP contribution >= 0.6 is 0 Å². The summed E-state index contributed by atoms with van der Waals surface area (Å²) in [5.41, 5.74) is 1.35. The second kappa shape index (κ2) is 12.0. The lowest BCUT2D eigenvalue weighted by atomic mass is 10.2. The summed E-state index contributed by atoms with van der Waals surface area (Å²) in [5.74, 6) is -5.58. The Hall–Kier alpha value is -2.83. The predicted molar refractivity (Wildman–Crippen MR) is 77.0 cm³/mol. The largest absolute Gasteiger partial charge is 0.478 e. The summed E-state index contributed by atoms with van der Waals surface area (Å²) in [6.45, 7) is 8.23. The first-order chi connectivity index (χ1) is 10.1. The smallest absolute Gasteiger partial charge is 0.370 e. The molecule has 0 bridgehead atoms. The summed E-state index contributed by atoms with van der Waals surface area (Å²) in [4.78, 5) is 18.8. The van der Waals surface area contributed by atoms with E-state index in [9.17, 15) is 22.8 Å². The highest BCUT2D eigenvalue weighted by molar-refractivity contribution is 5.84. The molecule has 2 N–H and O–H groups in total. The molecule has 1 aromatic carbocycles. The molecule has 0 unspecified atom stereocenters. The van der Waals surface area contributed by atoms with Gasteiger partial charge in [-0.25, -0.2) is 9.59 Å². The van der Waals surface area contributed by atoms with Gasteiger partial charge in [-0.2, -0.15) is 13.2 Å². The molecule has 1 aromatic rings. The summed E-state index contributed by atoms with van der Waals surface area (Å²) in [6, 6.07) is 10.0. The summed E-state index contributed by atoms with van der Waals surface area (Å²) in [6.07, 6.45) is -0.975. The van der Waals surface area contributed by atoms with E-state index in [1.54, 1.807) is 0 Å². The molecule has 0 amide bonds. The Morgan fingerprint density at radius 3 is 1.59 bits per heavy atom. The van der Waals surface area contributed by atoms with Gasteiger partial charge in [0.1, 0.15) is 0 Å². The lowest BCUT2D eigenvalue weighted by molar-refractivity contribution is -0.135. The minimum Gasteiger partial charge on any atom is -0.478 e. The molecule has 0 atom stereocenters. The molecule has 0 saturated heterocycles. The second-order valence-electron chi connectivity index (χ2n) is 3.58. The number of aliphatic carboxylic acids is 2. The van der Waals surface area contributed by atoms with E-state index >= 15 is 0 Å². The Balaban J connectivity index is 0. The van der Waals surface area contributed by atoms with Gasteiger partial charge in [0.25, 0.3) is 5.83 Å². The maximum absolute atomic E-state index is 11.2. The molecule has 1 rings (SSSR count). The first-order valence-corrected chi connectivity index (χ1v) is 5.63. The lowest BCUT2D eigenvalue weighted by Gasteiger charge is -1.85. The fraction of sp³-hybridized carbons (Fsp3) is 0.0667. The lowest BCUT2D eigenvalue weighted by Crippen LogP contribution is -1.94. The summed E-state index contributed by atoms with van der Waals surface area (Å²) < 4.78 is 32.8. The van der Waals surface area contributed by atoms with Crippen molar-refractivity contribution in [3.63, 3.8) is 0 Å². The number of halogens is 3. The zero-order valence-corrected chi connectivity index (χ0v) is 11.7. The monoisotopic (exact) mass is 316 g/mol. The van der Waals surface area contributed by atoms with Crippen molar-refractivity contribution in [1.82, 2.24) is 0 Å². The molecule has 0 saturated carbocycles. The minimum absolute atomic E-state index is 0.176. The maximum atomic E-state index is 11.2. The van der Waals surface area contributed by atoms with Gasteiger partial charge in [0.2, 0.25) is 0 Å². The number of hydrogen-bond acceptors (Lipinski definition) is 2. The number of hydrogen-bond donors (Lipinski definition) is 2. The van der Waals surface area contributed by atoms with Gasteiger partial charge in [-0.3, -0.25) is 0 Å². The van der Waals surface area contributed by atoms with Crippen LogP contribution in [0.2, 0.25) is 0 Å². The molecule has 0 heterocycles. The topological polar surface area (TPSA) is 74.6 Å². The van der Waals surface area contributed by atoms with Gasteiger partial charge in [-0.1, -0.05) is 49.6 Å². The first kappa shape index (κ1) is 21.5. The number of carboxylic acid groups (broad SMARTS) is 2. The normalized spacial score (nSPS) is 8.18. The molecule has 0 aromatic heterocycles. The Morgan fingerprint density at radius 1 is 1.05 bits per heavy atom. The third-order valence-electron chi connectivity index (χ3n) is 1.75. The third kappa shape index (κ3) is 12.2. The van der Waals surface area contributed by atoms with Crippen LogP contribution < -0.4 is 0 Å². The van der Waals surface area contributed by atoms with Crippen LogP contribution in [0.4, 0.5) is 13.2 Å². The highest BCUT2D eigenvalue weighted by atomic mass is 19.3. The number of benzene rings is 1. The molecule has 0 aliphatic heterocycles. The fourth-order valence-corrected chi connectivity index (χ4v) is 0.670. The Morgan fingerprint density at radius 2 is 1.45 bits per heavy atom. The van der Waals surface area contributed by atoms with E-state index < -0.39 is 23.8 Å². The van der Waals surface area contributed by atoms with Crippen LogP contribution in [-0.4, -0.2) is 22.2 Å². The second-order valence-corrected chi connectivity index (χ2v) is 3.58. The minimum atomic E-state index is -2.81. The van der Waals surface area contributed by atoms with E-state index in [0.717, 1.165) is 0 Å². The molecule has 0 fully saturated rings. The van der Waals surface area contributed by atoms with Crippen LogP contribution in [0.25, 0.3) is 6.08 Å². The van der Waals surface area contributed by atoms with Crippen molar-refractivity contribution in [3.05, 3.63) is 66.5 Å². The zero-order valence-electron chi connectivity index (χ0n) is 11.7. The molecule has 0 aliphatic rings. The Kier molecular flexibility index (Phi) is 11.7. The molecule has 0 spiro atoms. The van der Waals surface area contributed by atoms with Gasteiger partial charge in [0, 0.05) is 5.57 Å². The standard InChI is InChI=1S/C8H8.C4H6O2.C3HF3O2/c1-2-8-6-4-3-5-7-8;1-3(2)4(5)6;4-1(2(5)6)3(7)8/h2-7H,1H2;1H2,2H3,(H,5,6);(H,7,8). The quantitative estimate of drug-likeness (QED) is 0.822. The van der Waals surface area contributed by atoms with Crippen molar-refractivity contribution in [2.24, 2.45) is 0 Å². The number of carbonyl (C=O) groups is 2. The molecule has 4 nitrogen and oxygen atoms in total. The van der Waals surface area contributed by atoms with Gasteiger partial charge >= 0.3 is 18.0 Å². The number of rotatable bonds is 3. The van der Waals surface area contributed by atoms with Crippen LogP contribution in [0, 0.1) is 0 Å². The first-order valence-electron chi connectivity index (χ1n) is 5.63. The highest BCUT2D eigenvalue weighted by Crippen LogP contribution is 2.07. The van der Waals surface area contributed by atoms with E-state index in [0.29, 0.717) is 0 Å². The molecule has 0 aliphatic carbocycles. The molecular weight excluding hydrogens is 301 g/mol. The fourth-order valence-electron chi connectivity index (χ4n) is 0.670. The van der Waals surface area contributed by atoms with Crippen LogP contribution in [0.5, 0.6) is 0 Å². The highest BCUT2D eigenvalue weighted by Gasteiger charge is 2.12. The van der Waals surface area contributed by atoms with Crippen molar-refractivity contribution >= 4 is 18.0 Å². The third-order valence-corrected chi connectivity index (χ3v) is 1.75. The van der Waals surface area contributed by atoms with E-state index in [1.807, 2.05) is 36.4 Å². The van der Waals surface area contributed by atoms with E-state index in [-0.39, 0.29) is 5.57 Å². The molecular formula is C15H15F3O4. The van der Waals surface area contributed by atoms with Crippen LogP contribution in [-0.2, 0) is 9.59 Å². The predicted octanol–water partition coefficient (Wildman–Crippen LogP) is 4.13. The van der Waals surface area contributed by atoms with Crippen molar-refractivity contribution in [2.45, 2.75) is 6.92 Å². The van der Waals surface area contributed by atoms with E-state index in [2.05, 4.69) is 13.2 Å². The zero-order chi connectivity index (χ0) is 17.7. The van der Waals surface area contributed by atoms with Crippen molar-refractivity contribution in [2.75, 3.05) is 0 Å². The van der Waals surface area contributed by atoms with Crippen LogP contribution in [0.1, 0.15) is 12.5 Å². The Bertz CT molecular complexity index is 535. The van der Waals surface area contributed by atoms with Gasteiger partial charge in [-0.15, -0.1) is 0 Å². The molecule has 120 valence electrons. The summed E-state index contributed by atoms with van der Waals surface area (Å²) in [5, 5.41) is 15.3. The summed E-state index contributed by atoms with van der Waals surface area (Å²) >= 11 is 0. The van der Waals surface area contributed by atoms with Crippen LogP contribution in [0.3, 0.4) is 0 Å². The van der Waals surface area contributed by atoms with E-state index in [1.165, 1.54) is 12.5 Å². The summed E-state index contributed by atoms with van der Waals surface area (Å²) in [7, 11) is 0. The molecule has 22 heavy (non-hydrogen) atoms. The van der Waals surface area contributed by atoms with Crippen molar-refractivity contribution in [1.29, 1.82) is 0 Å². The van der Waals surface area contributed by atoms with Gasteiger partial charge in [0.05, 0.1) is 0 Å². The maximum Gasteiger partial charge on any atom is 0.370 e. The number of carboxylic acids is 2. The van der Waals surface area contributed by atoms with E-state index in [4.69, 9.17) is 10.2 Å². The Labute approximate surface area is 125 Å². The van der Waals surface area contributed by atoms with Crippen LogP contribution in [0.15, 0.2) is 61.0 Å². The van der Waals surface area contributed by atoms with Gasteiger partial charge < -0.3 is 10.2 Å². The average molecular weight is 316 g/mol. The average Bonchev–Trinajstić information content (AvgIpc) is 2.48. The van der Waals surface area contributed by atoms with Crippen molar-refractivity contribution < 1.29 is 33.0 Å². The SMILES string of the molecule is C=C(C)C(=O)O.C=Cc1ccccc1.O=C(O)C(F)=C(F)F. The molecule has 7 heteroatoms.